The monoisotopic (exact) mass is 265 g/mol. The van der Waals surface area contributed by atoms with Crippen LogP contribution in [0.4, 0.5) is 11.5 Å². The summed E-state index contributed by atoms with van der Waals surface area (Å²) in [7, 11) is 5.82. The van der Waals surface area contributed by atoms with Crippen molar-refractivity contribution in [3.8, 4) is 5.88 Å². The smallest absolute Gasteiger partial charge is 0.242 e. The standard InChI is InChI=1S/C13H23N5O/c1-17(2)8-10-4-6-18(7-5-10)12-11(14)13(19-3)16-9-15-12/h9-10H,4-8,14H2,1-3H3. The molecule has 0 aliphatic carbocycles. The highest BCUT2D eigenvalue weighted by Crippen LogP contribution is 2.30. The molecule has 0 saturated carbocycles. The van der Waals surface area contributed by atoms with Crippen molar-refractivity contribution in [2.75, 3.05) is 51.5 Å². The molecule has 2 N–H and O–H groups in total. The van der Waals surface area contributed by atoms with E-state index in [9.17, 15) is 0 Å². The number of rotatable bonds is 4. The van der Waals surface area contributed by atoms with E-state index in [1.165, 1.54) is 19.2 Å². The molecule has 0 aromatic carbocycles. The van der Waals surface area contributed by atoms with Crippen LogP contribution in [-0.4, -0.2) is 55.7 Å². The number of methoxy groups -OCH3 is 1. The second-order valence-electron chi connectivity index (χ2n) is 5.31. The molecule has 1 aliphatic rings. The zero-order valence-corrected chi connectivity index (χ0v) is 12.0. The summed E-state index contributed by atoms with van der Waals surface area (Å²) in [6.45, 7) is 3.13. The van der Waals surface area contributed by atoms with Crippen LogP contribution in [0.3, 0.4) is 0 Å². The number of hydrogen-bond acceptors (Lipinski definition) is 6. The number of nitrogen functional groups attached to an aromatic ring is 1. The Balaban J connectivity index is 2.01. The van der Waals surface area contributed by atoms with Crippen molar-refractivity contribution < 1.29 is 4.74 Å². The molecule has 1 fully saturated rings. The van der Waals surface area contributed by atoms with Crippen molar-refractivity contribution >= 4 is 11.5 Å². The second kappa shape index (κ2) is 6.06. The molecule has 0 radical (unpaired) electrons. The third-order valence-corrected chi connectivity index (χ3v) is 3.56. The van der Waals surface area contributed by atoms with E-state index in [1.54, 1.807) is 7.11 Å². The summed E-state index contributed by atoms with van der Waals surface area (Å²) in [5.41, 5.74) is 6.58. The van der Waals surface area contributed by atoms with Crippen molar-refractivity contribution in [2.45, 2.75) is 12.8 Å². The Hall–Kier alpha value is -1.56. The summed E-state index contributed by atoms with van der Waals surface area (Å²) in [6, 6.07) is 0. The fraction of sp³-hybridized carbons (Fsp3) is 0.692. The molecular formula is C13H23N5O. The first kappa shape index (κ1) is 13.9. The zero-order chi connectivity index (χ0) is 13.8. The van der Waals surface area contributed by atoms with Crippen molar-refractivity contribution in [3.05, 3.63) is 6.33 Å². The molecule has 2 rings (SSSR count). The van der Waals surface area contributed by atoms with Gasteiger partial charge < -0.3 is 20.3 Å². The van der Waals surface area contributed by atoms with Gasteiger partial charge in [0.15, 0.2) is 5.82 Å². The molecule has 19 heavy (non-hydrogen) atoms. The molecule has 106 valence electrons. The van der Waals surface area contributed by atoms with Crippen molar-refractivity contribution in [3.63, 3.8) is 0 Å². The second-order valence-corrected chi connectivity index (χ2v) is 5.31. The Labute approximate surface area is 114 Å². The van der Waals surface area contributed by atoms with Gasteiger partial charge in [-0.2, -0.15) is 4.98 Å². The van der Waals surface area contributed by atoms with Crippen molar-refractivity contribution in [1.29, 1.82) is 0 Å². The summed E-state index contributed by atoms with van der Waals surface area (Å²) in [5, 5.41) is 0. The fourth-order valence-electron chi connectivity index (χ4n) is 2.63. The van der Waals surface area contributed by atoms with Gasteiger partial charge in [-0.15, -0.1) is 0 Å². The van der Waals surface area contributed by atoms with Gasteiger partial charge in [-0.05, 0) is 32.9 Å². The molecule has 1 aliphatic heterocycles. The molecule has 1 saturated heterocycles. The normalized spacial score (nSPS) is 16.9. The van der Waals surface area contributed by atoms with E-state index >= 15 is 0 Å². The lowest BCUT2D eigenvalue weighted by molar-refractivity contribution is 0.284. The number of anilines is 2. The van der Waals surface area contributed by atoms with Gasteiger partial charge in [0, 0.05) is 19.6 Å². The van der Waals surface area contributed by atoms with Crippen LogP contribution in [-0.2, 0) is 0 Å². The van der Waals surface area contributed by atoms with E-state index in [4.69, 9.17) is 10.5 Å². The summed E-state index contributed by atoms with van der Waals surface area (Å²) in [4.78, 5) is 12.8. The summed E-state index contributed by atoms with van der Waals surface area (Å²) < 4.78 is 5.14. The van der Waals surface area contributed by atoms with E-state index in [-0.39, 0.29) is 0 Å². The molecule has 0 unspecified atom stereocenters. The van der Waals surface area contributed by atoms with Gasteiger partial charge in [-0.3, -0.25) is 0 Å². The number of nitrogens with zero attached hydrogens (tertiary/aromatic N) is 4. The van der Waals surface area contributed by atoms with E-state index in [1.807, 2.05) is 0 Å². The van der Waals surface area contributed by atoms with Gasteiger partial charge in [0.25, 0.3) is 0 Å². The Morgan fingerprint density at radius 3 is 2.63 bits per heavy atom. The highest BCUT2D eigenvalue weighted by molar-refractivity contribution is 5.67. The average Bonchev–Trinajstić information content (AvgIpc) is 2.39. The predicted molar refractivity (Wildman–Crippen MR) is 76.5 cm³/mol. The van der Waals surface area contributed by atoms with Gasteiger partial charge in [0.2, 0.25) is 5.88 Å². The fourth-order valence-corrected chi connectivity index (χ4v) is 2.63. The van der Waals surface area contributed by atoms with Gasteiger partial charge in [-0.1, -0.05) is 0 Å². The van der Waals surface area contributed by atoms with Gasteiger partial charge in [0.05, 0.1) is 7.11 Å². The maximum Gasteiger partial charge on any atom is 0.242 e. The maximum absolute atomic E-state index is 6.04. The molecule has 2 heterocycles. The topological polar surface area (TPSA) is 67.5 Å². The number of ether oxygens (including phenoxy) is 1. The molecule has 0 atom stereocenters. The molecule has 1 aromatic heterocycles. The first-order chi connectivity index (χ1) is 9.11. The molecule has 6 nitrogen and oxygen atoms in total. The van der Waals surface area contributed by atoms with Crippen LogP contribution in [0.15, 0.2) is 6.33 Å². The molecular weight excluding hydrogens is 242 g/mol. The van der Waals surface area contributed by atoms with Crippen LogP contribution < -0.4 is 15.4 Å². The van der Waals surface area contributed by atoms with Crippen molar-refractivity contribution in [1.82, 2.24) is 14.9 Å². The number of nitrogens with two attached hydrogens (primary N) is 1. The van der Waals surface area contributed by atoms with Crippen LogP contribution >= 0.6 is 0 Å². The lowest BCUT2D eigenvalue weighted by Crippen LogP contribution is -2.37. The lowest BCUT2D eigenvalue weighted by atomic mass is 9.96. The minimum absolute atomic E-state index is 0.459. The predicted octanol–water partition coefficient (Wildman–Crippen LogP) is 0.845. The minimum Gasteiger partial charge on any atom is -0.479 e. The highest BCUT2D eigenvalue weighted by Gasteiger charge is 2.23. The molecule has 6 heteroatoms. The SMILES string of the molecule is COc1ncnc(N2CCC(CN(C)C)CC2)c1N. The Morgan fingerprint density at radius 1 is 1.37 bits per heavy atom. The van der Waals surface area contributed by atoms with E-state index in [0.29, 0.717) is 11.6 Å². The number of piperidine rings is 1. The lowest BCUT2D eigenvalue weighted by Gasteiger charge is -2.34. The van der Waals surface area contributed by atoms with Crippen molar-refractivity contribution in [2.24, 2.45) is 5.92 Å². The largest absolute Gasteiger partial charge is 0.479 e. The third kappa shape index (κ3) is 3.26. The highest BCUT2D eigenvalue weighted by atomic mass is 16.5. The molecule has 0 spiro atoms. The number of aromatic nitrogens is 2. The maximum atomic E-state index is 6.04. The summed E-state index contributed by atoms with van der Waals surface area (Å²) in [5.74, 6) is 2.02. The van der Waals surface area contributed by atoms with Crippen LogP contribution in [0.1, 0.15) is 12.8 Å². The Morgan fingerprint density at radius 2 is 2.05 bits per heavy atom. The van der Waals surface area contributed by atoms with Gasteiger partial charge >= 0.3 is 0 Å². The Bertz CT molecular complexity index is 415. The first-order valence-corrected chi connectivity index (χ1v) is 6.66. The quantitative estimate of drug-likeness (QED) is 0.870. The van der Waals surface area contributed by atoms with E-state index < -0.39 is 0 Å². The first-order valence-electron chi connectivity index (χ1n) is 6.66. The summed E-state index contributed by atoms with van der Waals surface area (Å²) in [6.07, 6.45) is 3.85. The summed E-state index contributed by atoms with van der Waals surface area (Å²) >= 11 is 0. The van der Waals surface area contributed by atoms with Crippen LogP contribution in [0.5, 0.6) is 5.88 Å². The van der Waals surface area contributed by atoms with Crippen LogP contribution in [0.2, 0.25) is 0 Å². The number of hydrogen-bond donors (Lipinski definition) is 1. The van der Waals surface area contributed by atoms with E-state index in [2.05, 4.69) is 33.9 Å². The third-order valence-electron chi connectivity index (χ3n) is 3.56. The van der Waals surface area contributed by atoms with Gasteiger partial charge in [-0.25, -0.2) is 4.98 Å². The zero-order valence-electron chi connectivity index (χ0n) is 12.0. The van der Waals surface area contributed by atoms with E-state index in [0.717, 1.165) is 31.4 Å². The van der Waals surface area contributed by atoms with Crippen LogP contribution in [0, 0.1) is 5.92 Å². The molecule has 0 amide bonds. The molecule has 0 bridgehead atoms. The van der Waals surface area contributed by atoms with Gasteiger partial charge in [0.1, 0.15) is 12.0 Å². The average molecular weight is 265 g/mol. The Kier molecular flexibility index (Phi) is 4.42. The minimum atomic E-state index is 0.459. The molecule has 1 aromatic rings. The van der Waals surface area contributed by atoms with Crippen LogP contribution in [0.25, 0.3) is 0 Å².